The molecule has 0 saturated carbocycles. The Morgan fingerprint density at radius 2 is 2.23 bits per heavy atom. The second kappa shape index (κ2) is 8.26. The molecule has 2 aliphatic heterocycles. The van der Waals surface area contributed by atoms with Gasteiger partial charge in [-0.05, 0) is 43.0 Å². The molecule has 1 amide bonds. The van der Waals surface area contributed by atoms with Crippen LogP contribution in [-0.2, 0) is 15.0 Å². The number of anilines is 1. The molecule has 0 bridgehead atoms. The average molecular weight is 447 g/mol. The number of fused-ring (bicyclic) bond motifs is 1. The molecular formula is C21H26N4O5S. The molecule has 4 rings (SSSR count). The number of aliphatic hydroxyl groups is 1. The van der Waals surface area contributed by atoms with Crippen molar-refractivity contribution in [3.63, 3.8) is 0 Å². The molecule has 1 saturated heterocycles. The van der Waals surface area contributed by atoms with E-state index in [2.05, 4.69) is 9.12 Å². The zero-order chi connectivity index (χ0) is 22.2. The van der Waals surface area contributed by atoms with Crippen molar-refractivity contribution in [1.29, 1.82) is 0 Å². The molecule has 0 radical (unpaired) electrons. The normalized spacial score (nSPS) is 26.9. The van der Waals surface area contributed by atoms with Gasteiger partial charge in [-0.2, -0.15) is 8.42 Å². The summed E-state index contributed by atoms with van der Waals surface area (Å²) in [5.41, 5.74) is 6.63. The molecule has 0 aromatic heterocycles. The molecule has 0 spiro atoms. The van der Waals surface area contributed by atoms with Crippen molar-refractivity contribution < 1.29 is 23.1 Å². The maximum Gasteiger partial charge on any atom is 0.344 e. The van der Waals surface area contributed by atoms with Gasteiger partial charge in [0.25, 0.3) is 0 Å². The zero-order valence-corrected chi connectivity index (χ0v) is 18.0. The van der Waals surface area contributed by atoms with Crippen LogP contribution < -0.4 is 15.2 Å². The van der Waals surface area contributed by atoms with Crippen molar-refractivity contribution in [2.45, 2.75) is 19.8 Å². The third kappa shape index (κ3) is 4.53. The minimum atomic E-state index is -3.85. The van der Waals surface area contributed by atoms with E-state index in [0.717, 1.165) is 12.8 Å². The van der Waals surface area contributed by atoms with Crippen LogP contribution in [0.25, 0.3) is 0 Å². The van der Waals surface area contributed by atoms with Gasteiger partial charge in [0.05, 0.1) is 23.8 Å². The topological polar surface area (TPSA) is 134 Å². The summed E-state index contributed by atoms with van der Waals surface area (Å²) in [5.74, 6) is 0.390. The number of aliphatic hydroxyl groups excluding tert-OH is 1. The van der Waals surface area contributed by atoms with E-state index >= 15 is 0 Å². The van der Waals surface area contributed by atoms with Crippen LogP contribution in [0.15, 0.2) is 46.6 Å². The molecule has 9 nitrogen and oxygen atoms in total. The molecule has 2 unspecified atom stereocenters. The van der Waals surface area contributed by atoms with Gasteiger partial charge in [0, 0.05) is 19.0 Å². The van der Waals surface area contributed by atoms with E-state index in [1.165, 1.54) is 0 Å². The van der Waals surface area contributed by atoms with Gasteiger partial charge in [0.15, 0.2) is 5.84 Å². The number of amidine groups is 1. The number of carbonyl (C=O) groups is 1. The van der Waals surface area contributed by atoms with E-state index in [1.807, 2.05) is 11.8 Å². The molecule has 3 aliphatic rings. The number of amides is 1. The lowest BCUT2D eigenvalue weighted by Gasteiger charge is -2.36. The standard InChI is InChI=1S/C21H26N4O5S/c1-13-10-15(26)7-8-16(13)21(27)25-9-3-4-14(11-25)12-30-18-6-2-5-17-19(18)20(22)24-31(28,29)23-17/h2,5-8,10,13-14,16,23,26H,3-4,9,11-12H2,1H3,(H2,22,24)/t13?,14-,16?/m0/s1. The first kappa shape index (κ1) is 21.2. The fourth-order valence-electron chi connectivity index (χ4n) is 4.27. The second-order valence-electron chi connectivity index (χ2n) is 8.17. The number of nitrogens with zero attached hydrogens (tertiary/aromatic N) is 2. The summed E-state index contributed by atoms with van der Waals surface area (Å²) < 4.78 is 35.3. The van der Waals surface area contributed by atoms with Gasteiger partial charge >= 0.3 is 10.2 Å². The number of rotatable bonds is 4. The lowest BCUT2D eigenvalue weighted by molar-refractivity contribution is -0.137. The van der Waals surface area contributed by atoms with E-state index < -0.39 is 10.2 Å². The number of benzene rings is 1. The van der Waals surface area contributed by atoms with Crippen LogP contribution >= 0.6 is 0 Å². The summed E-state index contributed by atoms with van der Waals surface area (Å²) in [6.45, 7) is 3.57. The summed E-state index contributed by atoms with van der Waals surface area (Å²) in [7, 11) is -3.85. The molecule has 10 heteroatoms. The predicted molar refractivity (Wildman–Crippen MR) is 117 cm³/mol. The van der Waals surface area contributed by atoms with Crippen LogP contribution in [0, 0.1) is 17.8 Å². The first-order valence-corrected chi connectivity index (χ1v) is 11.7. The molecule has 1 aliphatic carbocycles. The van der Waals surface area contributed by atoms with E-state index in [0.29, 0.717) is 36.7 Å². The Balaban J connectivity index is 1.42. The molecule has 4 N–H and O–H groups in total. The van der Waals surface area contributed by atoms with Crippen LogP contribution in [0.1, 0.15) is 25.3 Å². The summed E-state index contributed by atoms with van der Waals surface area (Å²) in [6.07, 6.45) is 6.84. The summed E-state index contributed by atoms with van der Waals surface area (Å²) in [5, 5.41) is 9.62. The number of nitrogens with one attached hydrogen (secondary N) is 1. The third-order valence-electron chi connectivity index (χ3n) is 5.80. The zero-order valence-electron chi connectivity index (χ0n) is 17.2. The molecule has 1 aromatic rings. The van der Waals surface area contributed by atoms with Gasteiger partial charge in [0.2, 0.25) is 5.91 Å². The maximum atomic E-state index is 13.0. The SMILES string of the molecule is CC1C=C(O)C=CC1C(=O)N1CCC[C@H](COc2cccc3c2C(N)=NS(=O)(=O)N3)C1. The summed E-state index contributed by atoms with van der Waals surface area (Å²) in [4.78, 5) is 14.9. The Labute approximate surface area is 181 Å². The summed E-state index contributed by atoms with van der Waals surface area (Å²) >= 11 is 0. The molecule has 31 heavy (non-hydrogen) atoms. The largest absolute Gasteiger partial charge is 0.508 e. The minimum absolute atomic E-state index is 0.0556. The van der Waals surface area contributed by atoms with E-state index in [1.54, 1.807) is 36.4 Å². The van der Waals surface area contributed by atoms with Crippen molar-refractivity contribution in [3.8, 4) is 5.75 Å². The van der Waals surface area contributed by atoms with Crippen molar-refractivity contribution in [2.24, 2.45) is 27.9 Å². The van der Waals surface area contributed by atoms with Gasteiger partial charge in [-0.1, -0.05) is 19.1 Å². The highest BCUT2D eigenvalue weighted by atomic mass is 32.2. The number of ether oxygens (including phenoxy) is 1. The highest BCUT2D eigenvalue weighted by molar-refractivity contribution is 7.91. The quantitative estimate of drug-likeness (QED) is 0.647. The highest BCUT2D eigenvalue weighted by Gasteiger charge is 2.32. The minimum Gasteiger partial charge on any atom is -0.508 e. The van der Waals surface area contributed by atoms with Crippen molar-refractivity contribution >= 4 is 27.6 Å². The lowest BCUT2D eigenvalue weighted by atomic mass is 9.87. The summed E-state index contributed by atoms with van der Waals surface area (Å²) in [6, 6.07) is 5.01. The van der Waals surface area contributed by atoms with Gasteiger partial charge in [-0.15, -0.1) is 4.40 Å². The number of hydrogen-bond donors (Lipinski definition) is 3. The first-order chi connectivity index (χ1) is 14.7. The smallest absolute Gasteiger partial charge is 0.344 e. The number of hydrogen-bond acceptors (Lipinski definition) is 6. The molecule has 1 fully saturated rings. The number of allylic oxidation sites excluding steroid dienone is 2. The number of piperidine rings is 1. The van der Waals surface area contributed by atoms with Gasteiger partial charge in [-0.3, -0.25) is 9.52 Å². The fraction of sp³-hybridized carbons (Fsp3) is 0.429. The van der Waals surface area contributed by atoms with E-state index in [9.17, 15) is 18.3 Å². The predicted octanol–water partition coefficient (Wildman–Crippen LogP) is 1.94. The molecule has 1 aromatic carbocycles. The van der Waals surface area contributed by atoms with E-state index in [-0.39, 0.29) is 35.3 Å². The molecule has 3 atom stereocenters. The number of likely N-dealkylation sites (tertiary alicyclic amines) is 1. The third-order valence-corrected chi connectivity index (χ3v) is 6.72. The second-order valence-corrected chi connectivity index (χ2v) is 9.51. The Kier molecular flexibility index (Phi) is 5.65. The lowest BCUT2D eigenvalue weighted by Crippen LogP contribution is -2.45. The molecule has 166 valence electrons. The average Bonchev–Trinajstić information content (AvgIpc) is 2.71. The van der Waals surface area contributed by atoms with Gasteiger partial charge in [0.1, 0.15) is 11.5 Å². The highest BCUT2D eigenvalue weighted by Crippen LogP contribution is 2.32. The Bertz CT molecular complexity index is 1080. The van der Waals surface area contributed by atoms with Crippen molar-refractivity contribution in [1.82, 2.24) is 4.90 Å². The van der Waals surface area contributed by atoms with Crippen molar-refractivity contribution in [2.75, 3.05) is 24.4 Å². The van der Waals surface area contributed by atoms with Gasteiger partial charge in [-0.25, -0.2) is 0 Å². The first-order valence-electron chi connectivity index (χ1n) is 10.3. The Morgan fingerprint density at radius 1 is 1.42 bits per heavy atom. The Morgan fingerprint density at radius 3 is 3.00 bits per heavy atom. The monoisotopic (exact) mass is 446 g/mol. The van der Waals surface area contributed by atoms with Crippen LogP contribution in [0.4, 0.5) is 5.69 Å². The molecule has 2 heterocycles. The fourth-order valence-corrected chi connectivity index (χ4v) is 5.11. The van der Waals surface area contributed by atoms with Crippen LogP contribution in [-0.4, -0.2) is 49.9 Å². The van der Waals surface area contributed by atoms with Crippen LogP contribution in [0.3, 0.4) is 0 Å². The number of nitrogens with two attached hydrogens (primary N) is 1. The van der Waals surface area contributed by atoms with Crippen LogP contribution in [0.5, 0.6) is 5.75 Å². The van der Waals surface area contributed by atoms with Crippen LogP contribution in [0.2, 0.25) is 0 Å². The molecular weight excluding hydrogens is 420 g/mol. The Hall–Kier alpha value is -3.01. The maximum absolute atomic E-state index is 13.0. The van der Waals surface area contributed by atoms with Gasteiger partial charge < -0.3 is 20.5 Å². The van der Waals surface area contributed by atoms with Crippen molar-refractivity contribution in [3.05, 3.63) is 47.7 Å². The number of carbonyl (C=O) groups excluding carboxylic acids is 1. The van der Waals surface area contributed by atoms with E-state index in [4.69, 9.17) is 10.5 Å².